The normalized spacial score (nSPS) is 16.7. The van der Waals surface area contributed by atoms with E-state index in [-0.39, 0.29) is 31.5 Å². The molecule has 0 spiro atoms. The van der Waals surface area contributed by atoms with Gasteiger partial charge in [0.25, 0.3) is 5.69 Å². The van der Waals surface area contributed by atoms with Gasteiger partial charge in [-0.05, 0) is 45.2 Å². The largest absolute Gasteiger partial charge is 0.481 e. The number of anilines is 1. The number of carbonyl (C=O) groups is 6. The van der Waals surface area contributed by atoms with Crippen molar-refractivity contribution in [1.29, 1.82) is 0 Å². The van der Waals surface area contributed by atoms with E-state index in [2.05, 4.69) is 21.3 Å². The Morgan fingerprint density at radius 1 is 1.00 bits per heavy atom. The number of carboxylic acids is 1. The summed E-state index contributed by atoms with van der Waals surface area (Å²) in [5, 5.41) is 29.6. The van der Waals surface area contributed by atoms with Crippen LogP contribution in [0.25, 0.3) is 0 Å². The molecule has 218 valence electrons. The average molecular weight is 563 g/mol. The Labute approximate surface area is 230 Å². The van der Waals surface area contributed by atoms with Crippen molar-refractivity contribution in [2.45, 2.75) is 77.0 Å². The highest BCUT2D eigenvalue weighted by molar-refractivity contribution is 5.99. The molecule has 0 radical (unpaired) electrons. The van der Waals surface area contributed by atoms with Crippen LogP contribution in [-0.2, 0) is 28.8 Å². The van der Waals surface area contributed by atoms with Gasteiger partial charge in [-0.25, -0.2) is 0 Å². The Bertz CT molecular complexity index is 1140. The molecule has 0 bridgehead atoms. The Morgan fingerprint density at radius 3 is 2.23 bits per heavy atom. The van der Waals surface area contributed by atoms with Gasteiger partial charge in [0.05, 0.1) is 11.3 Å². The number of hydrogen-bond donors (Lipinski definition) is 5. The maximum Gasteiger partial charge on any atom is 0.303 e. The monoisotopic (exact) mass is 562 g/mol. The molecule has 40 heavy (non-hydrogen) atoms. The third-order valence-corrected chi connectivity index (χ3v) is 6.29. The van der Waals surface area contributed by atoms with Crippen molar-refractivity contribution >= 4 is 46.9 Å². The SMILES string of the molecule is CCC(NC(=O)C1CCCN1C(=O)C(C)NC(=O)C(C)NC(=O)CCC(=O)O)C(=O)Nc1ccc([N+](=O)[O-])cc1. The van der Waals surface area contributed by atoms with Gasteiger partial charge >= 0.3 is 5.97 Å². The fraction of sp³-hybridized carbons (Fsp3) is 0.520. The lowest BCUT2D eigenvalue weighted by Crippen LogP contribution is -2.56. The highest BCUT2D eigenvalue weighted by atomic mass is 16.6. The Hall–Kier alpha value is -4.56. The molecule has 2 rings (SSSR count). The number of carboxylic acid groups (broad SMARTS) is 1. The van der Waals surface area contributed by atoms with Gasteiger partial charge in [-0.3, -0.25) is 38.9 Å². The van der Waals surface area contributed by atoms with Crippen LogP contribution < -0.4 is 21.3 Å². The molecule has 5 N–H and O–H groups in total. The first-order valence-corrected chi connectivity index (χ1v) is 12.8. The van der Waals surface area contributed by atoms with E-state index >= 15 is 0 Å². The van der Waals surface area contributed by atoms with Gasteiger partial charge in [-0.1, -0.05) is 6.92 Å². The van der Waals surface area contributed by atoms with Gasteiger partial charge in [0.1, 0.15) is 24.2 Å². The minimum atomic E-state index is -1.15. The number of nitro groups is 1. The van der Waals surface area contributed by atoms with E-state index < -0.39 is 64.6 Å². The van der Waals surface area contributed by atoms with Crippen LogP contribution in [-0.4, -0.2) is 81.1 Å². The summed E-state index contributed by atoms with van der Waals surface area (Å²) in [7, 11) is 0. The molecular weight excluding hydrogens is 528 g/mol. The highest BCUT2D eigenvalue weighted by Crippen LogP contribution is 2.20. The van der Waals surface area contributed by atoms with Crippen molar-refractivity contribution in [3.05, 3.63) is 34.4 Å². The topological polar surface area (TPSA) is 217 Å². The van der Waals surface area contributed by atoms with Crippen LogP contribution in [0.15, 0.2) is 24.3 Å². The first-order chi connectivity index (χ1) is 18.8. The van der Waals surface area contributed by atoms with Crippen molar-refractivity contribution in [1.82, 2.24) is 20.9 Å². The quantitative estimate of drug-likeness (QED) is 0.165. The molecule has 1 aromatic rings. The molecule has 0 aliphatic carbocycles. The van der Waals surface area contributed by atoms with Gasteiger partial charge in [0.15, 0.2) is 0 Å². The van der Waals surface area contributed by atoms with E-state index in [1.165, 1.54) is 43.0 Å². The second-order valence-electron chi connectivity index (χ2n) is 9.37. The maximum atomic E-state index is 13.1. The van der Waals surface area contributed by atoms with Gasteiger partial charge in [0, 0.05) is 30.8 Å². The van der Waals surface area contributed by atoms with Gasteiger partial charge in [0.2, 0.25) is 29.5 Å². The first-order valence-electron chi connectivity index (χ1n) is 12.8. The van der Waals surface area contributed by atoms with Crippen LogP contribution in [0.3, 0.4) is 0 Å². The Kier molecular flexibility index (Phi) is 11.5. The van der Waals surface area contributed by atoms with Crippen LogP contribution in [0.5, 0.6) is 0 Å². The molecule has 0 aromatic heterocycles. The van der Waals surface area contributed by atoms with Crippen molar-refractivity contribution in [3.63, 3.8) is 0 Å². The lowest BCUT2D eigenvalue weighted by Gasteiger charge is -2.29. The van der Waals surface area contributed by atoms with Gasteiger partial charge < -0.3 is 31.3 Å². The number of rotatable bonds is 13. The third kappa shape index (κ3) is 9.03. The van der Waals surface area contributed by atoms with E-state index in [0.717, 1.165) is 0 Å². The number of amides is 5. The fourth-order valence-electron chi connectivity index (χ4n) is 4.07. The maximum absolute atomic E-state index is 13.1. The number of benzene rings is 1. The molecule has 1 heterocycles. The summed E-state index contributed by atoms with van der Waals surface area (Å²) >= 11 is 0. The summed E-state index contributed by atoms with van der Waals surface area (Å²) in [6.07, 6.45) is 0.455. The van der Waals surface area contributed by atoms with Crippen molar-refractivity contribution in [3.8, 4) is 0 Å². The predicted octanol–water partition coefficient (Wildman–Crippen LogP) is 0.293. The lowest BCUT2D eigenvalue weighted by molar-refractivity contribution is -0.384. The summed E-state index contributed by atoms with van der Waals surface area (Å²) in [5.41, 5.74) is 0.183. The second kappa shape index (κ2) is 14.6. The van der Waals surface area contributed by atoms with E-state index in [1.807, 2.05) is 0 Å². The number of nitro benzene ring substituents is 1. The standard InChI is InChI=1S/C25H34N6O9/c1-4-18(23(36)28-16-7-9-17(10-8-16)31(39)40)29-24(37)19-6-5-13-30(19)25(38)15(3)27-22(35)14(2)26-20(32)11-12-21(33)34/h7-10,14-15,18-19H,4-6,11-13H2,1-3H3,(H,26,32)(H,27,35)(H,28,36)(H,29,37)(H,33,34). The third-order valence-electron chi connectivity index (χ3n) is 6.29. The van der Waals surface area contributed by atoms with E-state index in [1.54, 1.807) is 6.92 Å². The number of hydrogen-bond acceptors (Lipinski definition) is 8. The predicted molar refractivity (Wildman–Crippen MR) is 141 cm³/mol. The molecule has 15 heteroatoms. The molecule has 1 aromatic carbocycles. The summed E-state index contributed by atoms with van der Waals surface area (Å²) in [4.78, 5) is 85.2. The number of non-ortho nitro benzene ring substituents is 1. The van der Waals surface area contributed by atoms with Crippen LogP contribution in [0, 0.1) is 10.1 Å². The Morgan fingerprint density at radius 2 is 1.65 bits per heavy atom. The van der Waals surface area contributed by atoms with Crippen molar-refractivity contribution in [2.24, 2.45) is 0 Å². The molecule has 5 amide bonds. The van der Waals surface area contributed by atoms with Crippen LogP contribution >= 0.6 is 0 Å². The molecule has 15 nitrogen and oxygen atoms in total. The number of aliphatic carboxylic acids is 1. The van der Waals surface area contributed by atoms with Crippen molar-refractivity contribution in [2.75, 3.05) is 11.9 Å². The molecule has 1 saturated heterocycles. The van der Waals surface area contributed by atoms with E-state index in [0.29, 0.717) is 18.5 Å². The first kappa shape index (κ1) is 31.7. The minimum Gasteiger partial charge on any atom is -0.481 e. The van der Waals surface area contributed by atoms with Gasteiger partial charge in [-0.2, -0.15) is 0 Å². The highest BCUT2D eigenvalue weighted by Gasteiger charge is 2.37. The summed E-state index contributed by atoms with van der Waals surface area (Å²) in [6, 6.07) is 1.40. The number of nitrogens with one attached hydrogen (secondary N) is 4. The average Bonchev–Trinajstić information content (AvgIpc) is 3.40. The van der Waals surface area contributed by atoms with E-state index in [9.17, 15) is 38.9 Å². The number of carbonyl (C=O) groups excluding carboxylic acids is 5. The van der Waals surface area contributed by atoms with E-state index in [4.69, 9.17) is 5.11 Å². The Balaban J connectivity index is 1.94. The molecule has 4 atom stereocenters. The number of likely N-dealkylation sites (tertiary alicyclic amines) is 1. The molecule has 1 aliphatic rings. The molecular formula is C25H34N6O9. The van der Waals surface area contributed by atoms with Gasteiger partial charge in [-0.15, -0.1) is 0 Å². The van der Waals surface area contributed by atoms with Crippen molar-refractivity contribution < 1.29 is 38.8 Å². The van der Waals surface area contributed by atoms with Crippen LogP contribution in [0.1, 0.15) is 52.9 Å². The zero-order valence-electron chi connectivity index (χ0n) is 22.5. The zero-order chi connectivity index (χ0) is 30.0. The fourth-order valence-corrected chi connectivity index (χ4v) is 4.07. The zero-order valence-corrected chi connectivity index (χ0v) is 22.5. The van der Waals surface area contributed by atoms with Crippen LogP contribution in [0.4, 0.5) is 11.4 Å². The summed E-state index contributed by atoms with van der Waals surface area (Å²) in [6.45, 7) is 4.80. The smallest absolute Gasteiger partial charge is 0.303 e. The summed E-state index contributed by atoms with van der Waals surface area (Å²) in [5.74, 6) is -4.00. The molecule has 4 unspecified atom stereocenters. The summed E-state index contributed by atoms with van der Waals surface area (Å²) < 4.78 is 0. The molecule has 1 fully saturated rings. The van der Waals surface area contributed by atoms with Crippen LogP contribution in [0.2, 0.25) is 0 Å². The lowest BCUT2D eigenvalue weighted by atomic mass is 10.1. The molecule has 0 saturated carbocycles. The minimum absolute atomic E-state index is 0.135. The molecule has 1 aliphatic heterocycles. The second-order valence-corrected chi connectivity index (χ2v) is 9.37. The number of nitrogens with zero attached hydrogens (tertiary/aromatic N) is 2.